The maximum absolute atomic E-state index is 13.4. The molecule has 1 aromatic carbocycles. The van der Waals surface area contributed by atoms with Crippen molar-refractivity contribution in [1.82, 2.24) is 41.3 Å². The highest BCUT2D eigenvalue weighted by molar-refractivity contribution is 7.89. The Bertz CT molecular complexity index is 1670. The lowest BCUT2D eigenvalue weighted by Gasteiger charge is -2.26. The zero-order valence-corrected chi connectivity index (χ0v) is 29.2. The number of nitro groups is 1. The Labute approximate surface area is 293 Å². The number of carbonyl (C=O) groups excluding carboxylic acids is 5. The van der Waals surface area contributed by atoms with Gasteiger partial charge in [-0.05, 0) is 38.2 Å². The lowest BCUT2D eigenvalue weighted by Crippen LogP contribution is -2.57. The summed E-state index contributed by atoms with van der Waals surface area (Å²) in [7, 11) is -4.27. The van der Waals surface area contributed by atoms with Gasteiger partial charge in [-0.1, -0.05) is 26.0 Å². The van der Waals surface area contributed by atoms with Gasteiger partial charge < -0.3 is 36.7 Å². The Morgan fingerprint density at radius 1 is 0.941 bits per heavy atom. The summed E-state index contributed by atoms with van der Waals surface area (Å²) in [5.74, 6) is -5.42. The van der Waals surface area contributed by atoms with Crippen LogP contribution >= 0.6 is 0 Å². The third-order valence-electron chi connectivity index (χ3n) is 7.29. The number of benzene rings is 1. The molecule has 1 heterocycles. The van der Waals surface area contributed by atoms with Crippen LogP contribution in [0.2, 0.25) is 0 Å². The van der Waals surface area contributed by atoms with Gasteiger partial charge in [0.2, 0.25) is 39.6 Å². The number of imidazole rings is 1. The van der Waals surface area contributed by atoms with Crippen molar-refractivity contribution in [2.75, 3.05) is 13.1 Å². The number of rotatable bonds is 21. The van der Waals surface area contributed by atoms with E-state index >= 15 is 0 Å². The first-order valence-corrected chi connectivity index (χ1v) is 17.3. The van der Waals surface area contributed by atoms with Gasteiger partial charge in [-0.3, -0.25) is 38.9 Å². The molecule has 51 heavy (non-hydrogen) atoms. The first kappa shape index (κ1) is 41.7. The second kappa shape index (κ2) is 19.7. The maximum Gasteiger partial charge on any atom is 0.325 e. The molecule has 4 atom stereocenters. The number of H-pyrrole nitrogens is 1. The number of para-hydroxylation sites is 1. The number of hydrogen-bond acceptors (Lipinski definition) is 11. The van der Waals surface area contributed by atoms with E-state index in [2.05, 4.69) is 41.3 Å². The van der Waals surface area contributed by atoms with Crippen LogP contribution in [0, 0.1) is 16.0 Å². The number of nitrogens with zero attached hydrogens (tertiary/aromatic N) is 2. The number of nitro benzene ring substituents is 1. The number of hydrogen-bond donors (Lipinski definition) is 8. The standard InChI is InChI=1S/C30H43N9O11S/c1-17(2)26(29(44)35-18(3)30(45)46)38-28(43)21(9-7-8-12-34-51(49,50)24-11-6-5-10-23(24)39(47)48)37-25(41)15-32-27(42)22(36-19(4)40)13-20-14-31-16-33-20/h5-6,10-11,14,16-18,21-22,26,34H,7-9,12-13,15H2,1-4H3,(H,31,33)(H,32,42)(H,35,44)(H,36,40)(H,37,41)(H,38,43)(H,45,46)/t18-,21-,22-,26-/m0/s1. The normalized spacial score (nSPS) is 13.6. The van der Waals surface area contributed by atoms with E-state index in [0.717, 1.165) is 12.1 Å². The first-order valence-electron chi connectivity index (χ1n) is 15.8. The summed E-state index contributed by atoms with van der Waals surface area (Å²) < 4.78 is 27.7. The van der Waals surface area contributed by atoms with Crippen molar-refractivity contribution in [1.29, 1.82) is 0 Å². The van der Waals surface area contributed by atoms with Crippen molar-refractivity contribution in [3.8, 4) is 0 Å². The third kappa shape index (κ3) is 13.8. The van der Waals surface area contributed by atoms with Crippen LogP contribution in [-0.4, -0.2) is 101 Å². The fourth-order valence-corrected chi connectivity index (χ4v) is 5.87. The average Bonchev–Trinajstić information content (AvgIpc) is 3.57. The average molecular weight is 738 g/mol. The minimum Gasteiger partial charge on any atom is -0.480 e. The van der Waals surface area contributed by atoms with Crippen LogP contribution in [0.25, 0.3) is 0 Å². The molecule has 0 unspecified atom stereocenters. The summed E-state index contributed by atoms with van der Waals surface area (Å²) in [4.78, 5) is 91.6. The summed E-state index contributed by atoms with van der Waals surface area (Å²) in [6.45, 7) is 4.88. The molecule has 0 radical (unpaired) electrons. The van der Waals surface area contributed by atoms with Gasteiger partial charge in [-0.25, -0.2) is 18.1 Å². The number of carboxylic acids is 1. The number of sulfonamides is 1. The van der Waals surface area contributed by atoms with Gasteiger partial charge in [0.15, 0.2) is 4.90 Å². The van der Waals surface area contributed by atoms with Gasteiger partial charge in [0.25, 0.3) is 5.69 Å². The number of aromatic nitrogens is 2. The molecule has 8 N–H and O–H groups in total. The quantitative estimate of drug-likeness (QED) is 0.0428. The highest BCUT2D eigenvalue weighted by Crippen LogP contribution is 2.22. The number of nitrogens with one attached hydrogen (secondary N) is 7. The number of aliphatic carboxylic acids is 1. The van der Waals surface area contributed by atoms with Crippen LogP contribution in [0.5, 0.6) is 0 Å². The Balaban J connectivity index is 2.13. The molecule has 1 aromatic heterocycles. The fourth-order valence-electron chi connectivity index (χ4n) is 4.62. The molecule has 21 heteroatoms. The van der Waals surface area contributed by atoms with Gasteiger partial charge >= 0.3 is 5.97 Å². The van der Waals surface area contributed by atoms with E-state index in [1.807, 2.05) is 0 Å². The molecular weight excluding hydrogens is 694 g/mol. The third-order valence-corrected chi connectivity index (χ3v) is 8.80. The molecule has 0 aliphatic carbocycles. The molecule has 0 saturated heterocycles. The van der Waals surface area contributed by atoms with E-state index in [-0.39, 0.29) is 32.2 Å². The molecule has 0 aliphatic heterocycles. The molecule has 0 saturated carbocycles. The first-order chi connectivity index (χ1) is 23.9. The Hall–Kier alpha value is -5.44. The van der Waals surface area contributed by atoms with Gasteiger partial charge in [0, 0.05) is 37.8 Å². The van der Waals surface area contributed by atoms with Crippen molar-refractivity contribution in [2.24, 2.45) is 5.92 Å². The van der Waals surface area contributed by atoms with E-state index in [1.54, 1.807) is 13.8 Å². The summed E-state index contributed by atoms with van der Waals surface area (Å²) >= 11 is 0. The largest absolute Gasteiger partial charge is 0.480 e. The fraction of sp³-hybridized carbons (Fsp3) is 0.500. The molecule has 5 amide bonds. The van der Waals surface area contributed by atoms with Crippen molar-refractivity contribution in [3.05, 3.63) is 52.6 Å². The molecule has 0 fully saturated rings. The SMILES string of the molecule is CC(=O)N[C@@H](Cc1cnc[nH]1)C(=O)NCC(=O)N[C@@H](CCCCNS(=O)(=O)c1ccccc1[N+](=O)[O-])C(=O)N[C@H](C(=O)N[C@@H](C)C(=O)O)C(C)C. The monoisotopic (exact) mass is 737 g/mol. The molecule has 20 nitrogen and oxygen atoms in total. The lowest BCUT2D eigenvalue weighted by molar-refractivity contribution is -0.387. The Morgan fingerprint density at radius 2 is 1.63 bits per heavy atom. The summed E-state index contributed by atoms with van der Waals surface area (Å²) in [6, 6.07) is -0.0259. The predicted molar refractivity (Wildman–Crippen MR) is 179 cm³/mol. The summed E-state index contributed by atoms with van der Waals surface area (Å²) in [5, 5.41) is 32.6. The van der Waals surface area contributed by atoms with Crippen LogP contribution in [-0.2, 0) is 45.2 Å². The van der Waals surface area contributed by atoms with Crippen LogP contribution in [0.4, 0.5) is 5.69 Å². The molecular formula is C30H43N9O11S. The van der Waals surface area contributed by atoms with Gasteiger partial charge in [-0.15, -0.1) is 0 Å². The van der Waals surface area contributed by atoms with Crippen LogP contribution in [0.1, 0.15) is 52.7 Å². The van der Waals surface area contributed by atoms with Gasteiger partial charge in [0.05, 0.1) is 17.8 Å². The molecule has 280 valence electrons. The van der Waals surface area contributed by atoms with Crippen molar-refractivity contribution in [3.63, 3.8) is 0 Å². The zero-order chi connectivity index (χ0) is 38.3. The second-order valence-corrected chi connectivity index (χ2v) is 13.5. The topological polar surface area (TPSA) is 301 Å². The van der Waals surface area contributed by atoms with E-state index in [9.17, 15) is 47.3 Å². The van der Waals surface area contributed by atoms with Crippen LogP contribution in [0.15, 0.2) is 41.7 Å². The van der Waals surface area contributed by atoms with Crippen molar-refractivity contribution < 1.29 is 47.2 Å². The summed E-state index contributed by atoms with van der Waals surface area (Å²) in [5.41, 5.74) is -0.0707. The van der Waals surface area contributed by atoms with Gasteiger partial charge in [0.1, 0.15) is 24.2 Å². The maximum atomic E-state index is 13.4. The number of aromatic amines is 1. The number of carbonyl (C=O) groups is 6. The smallest absolute Gasteiger partial charge is 0.325 e. The van der Waals surface area contributed by atoms with Gasteiger partial charge in [-0.2, -0.15) is 0 Å². The number of carboxylic acid groups (broad SMARTS) is 1. The second-order valence-electron chi connectivity index (χ2n) is 11.8. The Kier molecular flexibility index (Phi) is 16.1. The van der Waals surface area contributed by atoms with E-state index in [4.69, 9.17) is 5.11 Å². The Morgan fingerprint density at radius 3 is 2.22 bits per heavy atom. The molecule has 0 spiro atoms. The van der Waals surface area contributed by atoms with Crippen LogP contribution < -0.4 is 31.3 Å². The lowest BCUT2D eigenvalue weighted by atomic mass is 10.0. The number of unbranched alkanes of at least 4 members (excludes halogenated alkanes) is 1. The molecule has 0 aliphatic rings. The van der Waals surface area contributed by atoms with Crippen molar-refractivity contribution in [2.45, 2.75) is 82.4 Å². The minimum absolute atomic E-state index is 0.0403. The van der Waals surface area contributed by atoms with Crippen LogP contribution in [0.3, 0.4) is 0 Å². The predicted octanol–water partition coefficient (Wildman–Crippen LogP) is -1.15. The van der Waals surface area contributed by atoms with E-state index in [1.165, 1.54) is 38.5 Å². The highest BCUT2D eigenvalue weighted by atomic mass is 32.2. The zero-order valence-electron chi connectivity index (χ0n) is 28.4. The molecule has 2 rings (SSSR count). The molecule has 2 aromatic rings. The van der Waals surface area contributed by atoms with Crippen molar-refractivity contribution >= 4 is 51.2 Å². The number of amides is 5. The highest BCUT2D eigenvalue weighted by Gasteiger charge is 2.31. The molecule has 0 bridgehead atoms. The summed E-state index contributed by atoms with van der Waals surface area (Å²) in [6.07, 6.45) is 3.06. The van der Waals surface area contributed by atoms with E-state index in [0.29, 0.717) is 5.69 Å². The minimum atomic E-state index is -4.27. The van der Waals surface area contributed by atoms with E-state index < -0.39 is 97.7 Å².